The Morgan fingerprint density at radius 2 is 1.23 bits per heavy atom. The summed E-state index contributed by atoms with van der Waals surface area (Å²) in [6.07, 6.45) is 4.04. The summed E-state index contributed by atoms with van der Waals surface area (Å²) in [5.41, 5.74) is 6.97. The van der Waals surface area contributed by atoms with E-state index in [1.165, 1.54) is 0 Å². The molecule has 13 heteroatoms. The Labute approximate surface area is 280 Å². The fraction of sp³-hybridized carbons (Fsp3) is 0.588. The van der Waals surface area contributed by atoms with Crippen LogP contribution in [0.3, 0.4) is 0 Å². The minimum atomic E-state index is -0.770. The third-order valence-corrected chi connectivity index (χ3v) is 8.93. The molecule has 2 saturated heterocycles. The Balaban J connectivity index is 0.000000176. The van der Waals surface area contributed by atoms with Crippen LogP contribution >= 0.6 is 11.6 Å². The van der Waals surface area contributed by atoms with Gasteiger partial charge in [-0.15, -0.1) is 0 Å². The molecular formula is C34H47ClN2O10. The molecule has 2 aromatic carbocycles. The number of benzene rings is 2. The number of amides is 1. The van der Waals surface area contributed by atoms with Gasteiger partial charge in [-0.05, 0) is 24.0 Å². The first kappa shape index (κ1) is 37.0. The lowest BCUT2D eigenvalue weighted by Gasteiger charge is -2.40. The molecule has 0 aromatic heterocycles. The second kappa shape index (κ2) is 18.7. The number of nitrogens with two attached hydrogens (primary N) is 1. The molecule has 47 heavy (non-hydrogen) atoms. The lowest BCUT2D eigenvalue weighted by Crippen LogP contribution is -2.50. The molecule has 12 nitrogen and oxygen atoms in total. The molecule has 260 valence electrons. The number of hydrogen-bond donors (Lipinski definition) is 4. The van der Waals surface area contributed by atoms with Crippen molar-refractivity contribution in [3.63, 3.8) is 0 Å². The number of alkyl carbamates (subject to hydrolysis) is 1. The number of rotatable bonds is 7. The van der Waals surface area contributed by atoms with Gasteiger partial charge in [0.05, 0.1) is 26.4 Å². The van der Waals surface area contributed by atoms with Crippen LogP contribution in [0.1, 0.15) is 49.7 Å². The van der Waals surface area contributed by atoms with E-state index in [1.54, 1.807) is 0 Å². The zero-order valence-electron chi connectivity index (χ0n) is 26.6. The molecule has 4 atom stereocenters. The molecule has 2 heterocycles. The van der Waals surface area contributed by atoms with Gasteiger partial charge in [-0.25, -0.2) is 9.59 Å². The molecule has 6 rings (SSSR count). The zero-order valence-corrected chi connectivity index (χ0v) is 27.4. The molecule has 1 amide bonds. The van der Waals surface area contributed by atoms with Crippen LogP contribution in [-0.2, 0) is 41.6 Å². The fourth-order valence-electron chi connectivity index (χ4n) is 6.26. The van der Waals surface area contributed by atoms with Gasteiger partial charge in [-0.3, -0.25) is 0 Å². The molecule has 4 aliphatic rings. The third-order valence-electron chi connectivity index (χ3n) is 8.82. The Morgan fingerprint density at radius 1 is 0.766 bits per heavy atom. The molecule has 0 unspecified atom stereocenters. The van der Waals surface area contributed by atoms with Gasteiger partial charge in [-0.1, -0.05) is 60.7 Å². The Bertz CT molecular complexity index is 1210. The summed E-state index contributed by atoms with van der Waals surface area (Å²) in [7, 11) is 0. The van der Waals surface area contributed by atoms with Crippen LogP contribution in [0.25, 0.3) is 0 Å². The molecule has 0 radical (unpaired) electrons. The number of aliphatic hydroxyl groups is 2. The highest BCUT2D eigenvalue weighted by atomic mass is 35.5. The number of carbonyl (C=O) groups excluding carboxylic acids is 2. The van der Waals surface area contributed by atoms with E-state index >= 15 is 0 Å². The van der Waals surface area contributed by atoms with Crippen LogP contribution in [0.4, 0.5) is 9.59 Å². The summed E-state index contributed by atoms with van der Waals surface area (Å²) >= 11 is 4.97. The molecule has 5 N–H and O–H groups in total. The van der Waals surface area contributed by atoms with E-state index in [4.69, 9.17) is 46.1 Å². The van der Waals surface area contributed by atoms with E-state index in [0.29, 0.717) is 45.7 Å². The van der Waals surface area contributed by atoms with E-state index in [9.17, 15) is 14.7 Å². The average Bonchev–Trinajstić information content (AvgIpc) is 3.76. The predicted molar refractivity (Wildman–Crippen MR) is 172 cm³/mol. The largest absolute Gasteiger partial charge is 0.449 e. The number of aliphatic hydroxyl groups excluding tert-OH is 2. The molecule has 4 fully saturated rings. The van der Waals surface area contributed by atoms with Crippen LogP contribution in [-0.4, -0.2) is 85.0 Å². The predicted octanol–water partition coefficient (Wildman–Crippen LogP) is 4.23. The van der Waals surface area contributed by atoms with Gasteiger partial charge >= 0.3 is 11.5 Å². The van der Waals surface area contributed by atoms with Gasteiger partial charge in [0.1, 0.15) is 13.2 Å². The van der Waals surface area contributed by atoms with Gasteiger partial charge in [0.2, 0.25) is 0 Å². The molecular weight excluding hydrogens is 632 g/mol. The number of carbonyl (C=O) groups is 2. The minimum Gasteiger partial charge on any atom is -0.449 e. The molecule has 2 spiro atoms. The van der Waals surface area contributed by atoms with Crippen molar-refractivity contribution in [2.45, 2.75) is 75.4 Å². The topological polar surface area (TPSA) is 168 Å². The summed E-state index contributed by atoms with van der Waals surface area (Å²) in [6.45, 7) is 3.13. The highest BCUT2D eigenvalue weighted by Crippen LogP contribution is 2.39. The highest BCUT2D eigenvalue weighted by Gasteiger charge is 2.46. The van der Waals surface area contributed by atoms with Gasteiger partial charge in [0.15, 0.2) is 11.6 Å². The SMILES string of the molecule is N[C@@H]1CCC2(C[C@H]1CO)OCCO2.O=C(Cl)OCc1ccccc1.O=C(N[C@@H]1CCC2(C[C@H]1CO)OCCO2)OCc1ccccc1. The van der Waals surface area contributed by atoms with Crippen LogP contribution in [0.5, 0.6) is 0 Å². The molecule has 2 aromatic rings. The quantitative estimate of drug-likeness (QED) is 0.309. The number of nitrogens with one attached hydrogen (secondary N) is 1. The summed E-state index contributed by atoms with van der Waals surface area (Å²) < 4.78 is 32.3. The second-order valence-corrected chi connectivity index (χ2v) is 12.4. The van der Waals surface area contributed by atoms with E-state index in [1.807, 2.05) is 60.7 Å². The normalized spacial score (nSPS) is 25.5. The van der Waals surface area contributed by atoms with Crippen LogP contribution in [0.2, 0.25) is 0 Å². The van der Waals surface area contributed by atoms with Gasteiger partial charge in [0.25, 0.3) is 0 Å². The zero-order chi connectivity index (χ0) is 33.5. The smallest absolute Gasteiger partial charge is 0.407 e. The molecule has 2 saturated carbocycles. The van der Waals surface area contributed by atoms with Crippen molar-refractivity contribution in [3.05, 3.63) is 71.8 Å². The van der Waals surface area contributed by atoms with Crippen molar-refractivity contribution in [2.24, 2.45) is 17.6 Å². The first-order valence-electron chi connectivity index (χ1n) is 16.1. The average molecular weight is 679 g/mol. The maximum absolute atomic E-state index is 12.0. The third kappa shape index (κ3) is 11.7. The van der Waals surface area contributed by atoms with Crippen molar-refractivity contribution in [1.29, 1.82) is 0 Å². The summed E-state index contributed by atoms with van der Waals surface area (Å²) in [4.78, 5) is 22.1. The first-order valence-corrected chi connectivity index (χ1v) is 16.5. The molecule has 0 bridgehead atoms. The monoisotopic (exact) mass is 678 g/mol. The van der Waals surface area contributed by atoms with Crippen LogP contribution < -0.4 is 11.1 Å². The van der Waals surface area contributed by atoms with Crippen molar-refractivity contribution in [2.75, 3.05) is 39.6 Å². The Hall–Kier alpha value is -2.81. The van der Waals surface area contributed by atoms with E-state index in [2.05, 4.69) is 10.1 Å². The standard InChI is InChI=1S/C17H23NO5.C9H17NO3.C8H7ClO2/c19-11-14-10-17(22-8-9-23-17)7-6-15(14)18-16(20)21-12-13-4-2-1-3-5-13;10-8-1-2-9(5-7(8)6-11)12-3-4-13-9;9-8(10)11-6-7-4-2-1-3-5-7/h1-5,14-15,19H,6-12H2,(H,18,20);7-8,11H,1-6,10H2;1-5H,6H2/t14-,15+;7-,8+;/m00./s1. The lowest BCUT2D eigenvalue weighted by molar-refractivity contribution is -0.193. The maximum Gasteiger partial charge on any atom is 0.407 e. The Kier molecular flexibility index (Phi) is 14.7. The van der Waals surface area contributed by atoms with Crippen molar-refractivity contribution in [3.8, 4) is 0 Å². The van der Waals surface area contributed by atoms with Gasteiger partial charge in [0, 0.05) is 74.4 Å². The van der Waals surface area contributed by atoms with Crippen molar-refractivity contribution >= 4 is 23.1 Å². The molecule has 2 aliphatic heterocycles. The number of hydrogen-bond acceptors (Lipinski definition) is 11. The Morgan fingerprint density at radius 3 is 1.72 bits per heavy atom. The lowest BCUT2D eigenvalue weighted by atomic mass is 9.81. The number of halogens is 1. The van der Waals surface area contributed by atoms with Crippen LogP contribution in [0.15, 0.2) is 60.7 Å². The number of ether oxygens (including phenoxy) is 6. The van der Waals surface area contributed by atoms with Crippen molar-refractivity contribution < 1.29 is 48.2 Å². The van der Waals surface area contributed by atoms with Gasteiger partial charge < -0.3 is 49.7 Å². The van der Waals surface area contributed by atoms with E-state index in [0.717, 1.165) is 30.4 Å². The van der Waals surface area contributed by atoms with Crippen LogP contribution in [0, 0.1) is 11.8 Å². The van der Waals surface area contributed by atoms with Crippen molar-refractivity contribution in [1.82, 2.24) is 5.32 Å². The van der Waals surface area contributed by atoms with E-state index < -0.39 is 23.1 Å². The first-order chi connectivity index (χ1) is 22.8. The minimum absolute atomic E-state index is 0.0158. The van der Waals surface area contributed by atoms with Gasteiger partial charge in [-0.2, -0.15) is 0 Å². The highest BCUT2D eigenvalue weighted by molar-refractivity contribution is 6.61. The maximum atomic E-state index is 12.0. The summed E-state index contributed by atoms with van der Waals surface area (Å²) in [5, 5.41) is 21.6. The summed E-state index contributed by atoms with van der Waals surface area (Å²) in [6, 6.07) is 18.9. The molecule has 2 aliphatic carbocycles. The fourth-order valence-corrected chi connectivity index (χ4v) is 6.32. The second-order valence-electron chi connectivity index (χ2n) is 12.1. The van der Waals surface area contributed by atoms with E-state index in [-0.39, 0.29) is 50.3 Å². The summed E-state index contributed by atoms with van der Waals surface area (Å²) in [5.74, 6) is -0.944.